The number of nitrogens with zero attached hydrogens (tertiary/aromatic N) is 2. The first-order valence-corrected chi connectivity index (χ1v) is 9.15. The third kappa shape index (κ3) is 5.24. The highest BCUT2D eigenvalue weighted by Crippen LogP contribution is 2.29. The van der Waals surface area contributed by atoms with E-state index < -0.39 is 0 Å². The maximum Gasteiger partial charge on any atom is 0.337 e. The van der Waals surface area contributed by atoms with Crippen LogP contribution < -0.4 is 9.47 Å². The van der Waals surface area contributed by atoms with Gasteiger partial charge in [0.2, 0.25) is 0 Å². The highest BCUT2D eigenvalue weighted by atomic mass is 16.5. The second-order valence-corrected chi connectivity index (χ2v) is 6.30. The molecule has 0 radical (unpaired) electrons. The molecule has 0 N–H and O–H groups in total. The van der Waals surface area contributed by atoms with Crippen LogP contribution in [0.2, 0.25) is 0 Å². The Balaban J connectivity index is 1.67. The van der Waals surface area contributed by atoms with Gasteiger partial charge in [0.1, 0.15) is 12.7 Å². The van der Waals surface area contributed by atoms with Gasteiger partial charge in [-0.2, -0.15) is 5.26 Å². The van der Waals surface area contributed by atoms with Crippen LogP contribution >= 0.6 is 0 Å². The molecule has 1 aromatic heterocycles. The Bertz CT molecular complexity index is 1080. The van der Waals surface area contributed by atoms with Crippen LogP contribution in [0.15, 0.2) is 60.8 Å². The van der Waals surface area contributed by atoms with Crippen molar-refractivity contribution < 1.29 is 19.0 Å². The van der Waals surface area contributed by atoms with E-state index in [2.05, 4.69) is 4.98 Å². The zero-order valence-electron chi connectivity index (χ0n) is 16.7. The van der Waals surface area contributed by atoms with E-state index in [4.69, 9.17) is 19.5 Å². The molecule has 0 fully saturated rings. The van der Waals surface area contributed by atoms with E-state index in [1.807, 2.05) is 48.6 Å². The van der Waals surface area contributed by atoms with E-state index in [1.54, 1.807) is 31.4 Å². The Morgan fingerprint density at radius 3 is 2.47 bits per heavy atom. The first kappa shape index (κ1) is 20.6. The fourth-order valence-corrected chi connectivity index (χ4v) is 2.67. The summed E-state index contributed by atoms with van der Waals surface area (Å²) in [7, 11) is 2.94. The topological polar surface area (TPSA) is 81.4 Å². The average molecular weight is 400 g/mol. The van der Waals surface area contributed by atoms with Crippen LogP contribution in [0, 0.1) is 11.3 Å². The number of rotatable bonds is 7. The molecule has 150 valence electrons. The minimum Gasteiger partial charge on any atom is -0.493 e. The van der Waals surface area contributed by atoms with Crippen LogP contribution in [0.3, 0.4) is 0 Å². The van der Waals surface area contributed by atoms with Gasteiger partial charge in [-0.15, -0.1) is 0 Å². The fraction of sp³-hybridized carbons (Fsp3) is 0.125. The molecule has 3 rings (SSSR count). The van der Waals surface area contributed by atoms with Crippen molar-refractivity contribution in [2.75, 3.05) is 14.2 Å². The summed E-state index contributed by atoms with van der Waals surface area (Å²) in [5.74, 6) is 0.850. The van der Waals surface area contributed by atoms with Crippen LogP contribution in [-0.2, 0) is 11.3 Å². The van der Waals surface area contributed by atoms with Crippen LogP contribution in [0.25, 0.3) is 12.2 Å². The minimum absolute atomic E-state index is 0.335. The van der Waals surface area contributed by atoms with Gasteiger partial charge < -0.3 is 14.2 Å². The number of esters is 1. The van der Waals surface area contributed by atoms with Crippen LogP contribution in [0.5, 0.6) is 11.5 Å². The maximum atomic E-state index is 11.5. The molecule has 6 nitrogen and oxygen atoms in total. The van der Waals surface area contributed by atoms with E-state index in [9.17, 15) is 4.79 Å². The Labute approximate surface area is 175 Å². The van der Waals surface area contributed by atoms with Gasteiger partial charge in [-0.05, 0) is 53.6 Å². The van der Waals surface area contributed by atoms with Crippen molar-refractivity contribution in [1.82, 2.24) is 4.98 Å². The number of hydrogen-bond acceptors (Lipinski definition) is 6. The fourth-order valence-electron chi connectivity index (χ4n) is 2.67. The molecule has 0 unspecified atom stereocenters. The lowest BCUT2D eigenvalue weighted by atomic mass is 10.1. The van der Waals surface area contributed by atoms with Crippen molar-refractivity contribution in [1.29, 1.82) is 5.26 Å². The largest absolute Gasteiger partial charge is 0.493 e. The van der Waals surface area contributed by atoms with Gasteiger partial charge in [-0.1, -0.05) is 24.3 Å². The summed E-state index contributed by atoms with van der Waals surface area (Å²) < 4.78 is 16.0. The lowest BCUT2D eigenvalue weighted by Crippen LogP contribution is -2.02. The van der Waals surface area contributed by atoms with Gasteiger partial charge in [0.25, 0.3) is 0 Å². The Morgan fingerprint density at radius 2 is 1.83 bits per heavy atom. The smallest absolute Gasteiger partial charge is 0.337 e. The Morgan fingerprint density at radius 1 is 1.03 bits per heavy atom. The number of aromatic nitrogens is 1. The number of hydrogen-bond donors (Lipinski definition) is 0. The number of nitriles is 1. The number of carbonyl (C=O) groups is 1. The molecule has 1 heterocycles. The van der Waals surface area contributed by atoms with E-state index in [-0.39, 0.29) is 5.97 Å². The third-order valence-corrected chi connectivity index (χ3v) is 4.32. The molecule has 6 heteroatoms. The molecule has 0 saturated carbocycles. The van der Waals surface area contributed by atoms with E-state index in [1.165, 1.54) is 13.3 Å². The van der Waals surface area contributed by atoms with Crippen molar-refractivity contribution in [3.63, 3.8) is 0 Å². The summed E-state index contributed by atoms with van der Waals surface area (Å²) in [4.78, 5) is 15.7. The molecule has 0 amide bonds. The zero-order chi connectivity index (χ0) is 21.3. The van der Waals surface area contributed by atoms with E-state index in [0.717, 1.165) is 16.8 Å². The zero-order valence-corrected chi connectivity index (χ0v) is 16.7. The van der Waals surface area contributed by atoms with E-state index >= 15 is 0 Å². The Hall–Kier alpha value is -4.11. The van der Waals surface area contributed by atoms with Gasteiger partial charge in [-0.25, -0.2) is 4.79 Å². The summed E-state index contributed by atoms with van der Waals surface area (Å²) >= 11 is 0. The molecule has 0 atom stereocenters. The SMILES string of the molecule is COC(=O)c1ccc(COc2ccc(/C=C/c3ccc(C#N)cn3)cc2OC)cc1. The highest BCUT2D eigenvalue weighted by molar-refractivity contribution is 5.89. The molecule has 0 bridgehead atoms. The summed E-state index contributed by atoms with van der Waals surface area (Å²) in [5, 5.41) is 8.83. The number of carbonyl (C=O) groups excluding carboxylic acids is 1. The molecule has 0 aliphatic rings. The third-order valence-electron chi connectivity index (χ3n) is 4.32. The van der Waals surface area contributed by atoms with Crippen molar-refractivity contribution in [2.24, 2.45) is 0 Å². The monoisotopic (exact) mass is 400 g/mol. The maximum absolute atomic E-state index is 11.5. The normalized spacial score (nSPS) is 10.4. The predicted molar refractivity (Wildman–Crippen MR) is 113 cm³/mol. The number of pyridine rings is 1. The molecule has 0 aliphatic carbocycles. The second-order valence-electron chi connectivity index (χ2n) is 6.30. The summed E-state index contributed by atoms with van der Waals surface area (Å²) in [6.07, 6.45) is 5.31. The lowest BCUT2D eigenvalue weighted by molar-refractivity contribution is 0.0600. The van der Waals surface area contributed by atoms with Crippen molar-refractivity contribution >= 4 is 18.1 Å². The average Bonchev–Trinajstić information content (AvgIpc) is 2.81. The number of benzene rings is 2. The van der Waals surface area contributed by atoms with Crippen molar-refractivity contribution in [2.45, 2.75) is 6.61 Å². The molecule has 30 heavy (non-hydrogen) atoms. The molecule has 0 saturated heterocycles. The van der Waals surface area contributed by atoms with Gasteiger partial charge in [-0.3, -0.25) is 4.98 Å². The standard InChI is InChI=1S/C24H20N2O4/c1-28-23-13-17(5-10-21-11-6-19(14-25)15-26-21)7-12-22(23)30-16-18-3-8-20(9-4-18)24(27)29-2/h3-13,15H,16H2,1-2H3/b10-5+. The molecular formula is C24H20N2O4. The first-order valence-electron chi connectivity index (χ1n) is 9.15. The van der Waals surface area contributed by atoms with Gasteiger partial charge >= 0.3 is 5.97 Å². The molecule has 2 aromatic carbocycles. The van der Waals surface area contributed by atoms with E-state index in [0.29, 0.717) is 29.2 Å². The predicted octanol–water partition coefficient (Wildman–Crippen LogP) is 4.50. The van der Waals surface area contributed by atoms with Crippen LogP contribution in [0.4, 0.5) is 0 Å². The molecular weight excluding hydrogens is 380 g/mol. The molecule has 0 aliphatic heterocycles. The molecule has 3 aromatic rings. The summed E-state index contributed by atoms with van der Waals surface area (Å²) in [5.41, 5.74) is 3.61. The van der Waals surface area contributed by atoms with Gasteiger partial charge in [0.15, 0.2) is 11.5 Å². The van der Waals surface area contributed by atoms with Gasteiger partial charge in [0, 0.05) is 6.20 Å². The quantitative estimate of drug-likeness (QED) is 0.543. The Kier molecular flexibility index (Phi) is 6.80. The first-order chi connectivity index (χ1) is 14.6. The summed E-state index contributed by atoms with van der Waals surface area (Å²) in [6.45, 7) is 0.335. The molecule has 0 spiro atoms. The van der Waals surface area contributed by atoms with Gasteiger partial charge in [0.05, 0.1) is 31.0 Å². The minimum atomic E-state index is -0.371. The van der Waals surface area contributed by atoms with Crippen molar-refractivity contribution in [3.05, 3.63) is 88.7 Å². The highest BCUT2D eigenvalue weighted by Gasteiger charge is 2.07. The number of ether oxygens (including phenoxy) is 3. The number of methoxy groups -OCH3 is 2. The second kappa shape index (κ2) is 9.89. The van der Waals surface area contributed by atoms with Crippen LogP contribution in [-0.4, -0.2) is 25.2 Å². The summed E-state index contributed by atoms with van der Waals surface area (Å²) in [6, 6.07) is 18.2. The van der Waals surface area contributed by atoms with Crippen LogP contribution in [0.1, 0.15) is 32.7 Å². The lowest BCUT2D eigenvalue weighted by Gasteiger charge is -2.11. The van der Waals surface area contributed by atoms with Crippen molar-refractivity contribution in [3.8, 4) is 17.6 Å².